The average Bonchev–Trinajstić information content (AvgIpc) is 2.77. The topological polar surface area (TPSA) is 93.8 Å². The number of rotatable bonds is 4. The molecule has 0 aliphatic carbocycles. The van der Waals surface area contributed by atoms with Crippen LogP contribution in [0.4, 0.5) is 0 Å². The van der Waals surface area contributed by atoms with Gasteiger partial charge in [0.05, 0.1) is 31.7 Å². The zero-order chi connectivity index (χ0) is 21.6. The van der Waals surface area contributed by atoms with E-state index >= 15 is 0 Å². The minimum atomic E-state index is 0.0175. The summed E-state index contributed by atoms with van der Waals surface area (Å²) in [7, 11) is 5.58. The number of hydrogen-bond acceptors (Lipinski definition) is 8. The molecule has 0 spiro atoms. The molecule has 1 saturated heterocycles. The van der Waals surface area contributed by atoms with Gasteiger partial charge in [0.15, 0.2) is 0 Å². The zero-order valence-electron chi connectivity index (χ0n) is 17.8. The SMILES string of the molecule is C1COCCN1.COC1=NC(c2ccc(CCN(C)C)cc2)=CC(=N)C1=N.CS. The van der Waals surface area contributed by atoms with Crippen LogP contribution in [0.1, 0.15) is 11.1 Å². The molecular formula is C21H33N5O2S. The molecule has 8 heteroatoms. The van der Waals surface area contributed by atoms with Gasteiger partial charge in [-0.05, 0) is 38.4 Å². The van der Waals surface area contributed by atoms with Gasteiger partial charge in [-0.3, -0.25) is 10.8 Å². The van der Waals surface area contributed by atoms with E-state index in [4.69, 9.17) is 20.3 Å². The van der Waals surface area contributed by atoms with Gasteiger partial charge in [-0.15, -0.1) is 0 Å². The summed E-state index contributed by atoms with van der Waals surface area (Å²) in [6.07, 6.45) is 4.29. The molecule has 0 bridgehead atoms. The highest BCUT2D eigenvalue weighted by molar-refractivity contribution is 7.79. The Bertz CT molecular complexity index is 699. The molecule has 2 heterocycles. The number of aliphatic imine (C=N–C) groups is 1. The van der Waals surface area contributed by atoms with E-state index in [1.54, 1.807) is 12.3 Å². The second-order valence-corrected chi connectivity index (χ2v) is 6.55. The third kappa shape index (κ3) is 8.91. The summed E-state index contributed by atoms with van der Waals surface area (Å²) >= 11 is 3.53. The summed E-state index contributed by atoms with van der Waals surface area (Å²) < 4.78 is 10.1. The van der Waals surface area contributed by atoms with Crippen molar-refractivity contribution < 1.29 is 9.47 Å². The molecule has 0 atom stereocenters. The van der Waals surface area contributed by atoms with Crippen molar-refractivity contribution in [2.75, 3.05) is 60.3 Å². The quantitative estimate of drug-likeness (QED) is 0.564. The monoisotopic (exact) mass is 419 g/mol. The lowest BCUT2D eigenvalue weighted by molar-refractivity contribution is 0.109. The number of allylic oxidation sites excluding steroid dienone is 1. The highest BCUT2D eigenvalue weighted by Gasteiger charge is 2.19. The normalized spacial score (nSPS) is 16.1. The van der Waals surface area contributed by atoms with Crippen molar-refractivity contribution in [3.63, 3.8) is 0 Å². The highest BCUT2D eigenvalue weighted by Crippen LogP contribution is 2.20. The van der Waals surface area contributed by atoms with Gasteiger partial charge in [0.1, 0.15) is 5.71 Å². The minimum Gasteiger partial charge on any atom is -0.479 e. The zero-order valence-corrected chi connectivity index (χ0v) is 18.7. The largest absolute Gasteiger partial charge is 0.479 e. The maximum Gasteiger partial charge on any atom is 0.241 e. The average molecular weight is 420 g/mol. The van der Waals surface area contributed by atoms with Crippen LogP contribution < -0.4 is 5.32 Å². The van der Waals surface area contributed by atoms with Crippen molar-refractivity contribution in [2.24, 2.45) is 4.99 Å². The third-order valence-corrected chi connectivity index (χ3v) is 4.12. The number of thiol groups is 1. The van der Waals surface area contributed by atoms with Crippen molar-refractivity contribution in [1.29, 1.82) is 10.8 Å². The number of methoxy groups -OCH3 is 1. The Morgan fingerprint density at radius 1 is 1.14 bits per heavy atom. The fourth-order valence-corrected chi connectivity index (χ4v) is 2.53. The Balaban J connectivity index is 0.000000442. The first kappa shape index (κ1) is 25.0. The molecule has 0 unspecified atom stereocenters. The molecule has 0 aromatic heterocycles. The van der Waals surface area contributed by atoms with Crippen LogP contribution in [0.5, 0.6) is 0 Å². The van der Waals surface area contributed by atoms with Crippen molar-refractivity contribution in [1.82, 2.24) is 10.2 Å². The van der Waals surface area contributed by atoms with Crippen LogP contribution in [0.15, 0.2) is 35.3 Å². The van der Waals surface area contributed by atoms with Gasteiger partial charge in [-0.25, -0.2) is 4.99 Å². The number of benzene rings is 1. The predicted molar refractivity (Wildman–Crippen MR) is 125 cm³/mol. The molecule has 1 aromatic carbocycles. The van der Waals surface area contributed by atoms with Gasteiger partial charge < -0.3 is 19.7 Å². The molecule has 0 saturated carbocycles. The van der Waals surface area contributed by atoms with Crippen LogP contribution in [-0.4, -0.2) is 82.5 Å². The Kier molecular flexibility index (Phi) is 12.1. The first-order valence-electron chi connectivity index (χ1n) is 9.50. The van der Waals surface area contributed by atoms with Gasteiger partial charge in [-0.2, -0.15) is 12.6 Å². The van der Waals surface area contributed by atoms with Gasteiger partial charge in [0.2, 0.25) is 5.90 Å². The molecule has 160 valence electrons. The maximum atomic E-state index is 7.80. The van der Waals surface area contributed by atoms with E-state index in [0.717, 1.165) is 44.8 Å². The van der Waals surface area contributed by atoms with E-state index in [0.29, 0.717) is 5.70 Å². The first-order chi connectivity index (χ1) is 14.0. The number of ether oxygens (including phenoxy) is 2. The third-order valence-electron chi connectivity index (χ3n) is 4.12. The van der Waals surface area contributed by atoms with Crippen LogP contribution in [0, 0.1) is 10.8 Å². The van der Waals surface area contributed by atoms with Crippen molar-refractivity contribution in [3.8, 4) is 0 Å². The van der Waals surface area contributed by atoms with E-state index < -0.39 is 0 Å². The molecule has 7 nitrogen and oxygen atoms in total. The molecular weight excluding hydrogens is 386 g/mol. The fourth-order valence-electron chi connectivity index (χ4n) is 2.53. The van der Waals surface area contributed by atoms with Gasteiger partial charge >= 0.3 is 0 Å². The number of likely N-dealkylation sites (N-methyl/N-ethyl adjacent to an activating group) is 1. The lowest BCUT2D eigenvalue weighted by Gasteiger charge is -2.14. The second kappa shape index (κ2) is 14.1. The summed E-state index contributed by atoms with van der Waals surface area (Å²) in [5.74, 6) is 0.189. The van der Waals surface area contributed by atoms with Crippen molar-refractivity contribution in [3.05, 3.63) is 41.5 Å². The molecule has 0 radical (unpaired) electrons. The Labute approximate surface area is 179 Å². The van der Waals surface area contributed by atoms with Crippen LogP contribution in [0.25, 0.3) is 5.70 Å². The smallest absolute Gasteiger partial charge is 0.241 e. The molecule has 3 N–H and O–H groups in total. The predicted octanol–water partition coefficient (Wildman–Crippen LogP) is 2.38. The molecule has 29 heavy (non-hydrogen) atoms. The summed E-state index contributed by atoms with van der Waals surface area (Å²) in [4.78, 5) is 6.44. The van der Waals surface area contributed by atoms with Crippen LogP contribution >= 0.6 is 12.6 Å². The molecule has 1 aromatic rings. The lowest BCUT2D eigenvalue weighted by Crippen LogP contribution is -2.30. The first-order valence-corrected chi connectivity index (χ1v) is 10.4. The maximum absolute atomic E-state index is 7.80. The number of nitrogens with one attached hydrogen (secondary N) is 3. The van der Waals surface area contributed by atoms with Crippen molar-refractivity contribution >= 4 is 35.6 Å². The Hall–Kier alpha value is -2.00. The van der Waals surface area contributed by atoms with E-state index in [2.05, 4.69) is 54.1 Å². The van der Waals surface area contributed by atoms with Gasteiger partial charge in [0.25, 0.3) is 0 Å². The standard InChI is InChI=1S/C16H20N4O.C4H9NO.CH4S/c1-20(2)9-8-11-4-6-12(7-5-11)14-10-13(17)15(18)16(19-14)21-3;1-3-6-4-2-5-1;1-2/h4-7,10,17-18H,8-9H2,1-3H3;5H,1-4H2;2H,1H3. The van der Waals surface area contributed by atoms with Crippen molar-refractivity contribution in [2.45, 2.75) is 6.42 Å². The van der Waals surface area contributed by atoms with E-state index in [-0.39, 0.29) is 17.3 Å². The lowest BCUT2D eigenvalue weighted by atomic mass is 10.0. The number of morpholine rings is 1. The molecule has 1 fully saturated rings. The van der Waals surface area contributed by atoms with E-state index in [9.17, 15) is 0 Å². The summed E-state index contributed by atoms with van der Waals surface area (Å²) in [5, 5.41) is 18.7. The summed E-state index contributed by atoms with van der Waals surface area (Å²) in [6, 6.07) is 8.14. The number of hydrogen-bond donors (Lipinski definition) is 4. The fraction of sp³-hybridized carbons (Fsp3) is 0.476. The second-order valence-electron chi connectivity index (χ2n) is 6.55. The van der Waals surface area contributed by atoms with Crippen LogP contribution in [-0.2, 0) is 15.9 Å². The van der Waals surface area contributed by atoms with E-state index in [1.165, 1.54) is 12.7 Å². The molecule has 2 aliphatic rings. The van der Waals surface area contributed by atoms with Crippen LogP contribution in [0.2, 0.25) is 0 Å². The summed E-state index contributed by atoms with van der Waals surface area (Å²) in [5.41, 5.74) is 2.99. The molecule has 0 amide bonds. The van der Waals surface area contributed by atoms with Gasteiger partial charge in [-0.1, -0.05) is 24.3 Å². The Morgan fingerprint density at radius 2 is 1.76 bits per heavy atom. The molecule has 2 aliphatic heterocycles. The Morgan fingerprint density at radius 3 is 2.21 bits per heavy atom. The van der Waals surface area contributed by atoms with Crippen LogP contribution in [0.3, 0.4) is 0 Å². The number of nitrogens with zero attached hydrogens (tertiary/aromatic N) is 2. The highest BCUT2D eigenvalue weighted by atomic mass is 32.1. The molecule has 3 rings (SSSR count). The minimum absolute atomic E-state index is 0.0175. The summed E-state index contributed by atoms with van der Waals surface area (Å²) in [6.45, 7) is 4.84. The van der Waals surface area contributed by atoms with Gasteiger partial charge in [0, 0.05) is 25.2 Å². The van der Waals surface area contributed by atoms with E-state index in [1.807, 2.05) is 12.1 Å².